The maximum Gasteiger partial charge on any atom is 0.321 e. The van der Waals surface area contributed by atoms with Gasteiger partial charge in [0.15, 0.2) is 0 Å². The zero-order valence-electron chi connectivity index (χ0n) is 18.9. The van der Waals surface area contributed by atoms with E-state index < -0.39 is 0 Å². The lowest BCUT2D eigenvalue weighted by molar-refractivity contribution is 0.0713. The van der Waals surface area contributed by atoms with Crippen molar-refractivity contribution in [2.75, 3.05) is 45.7 Å². The zero-order chi connectivity index (χ0) is 23.1. The van der Waals surface area contributed by atoms with Crippen molar-refractivity contribution in [1.29, 1.82) is 5.26 Å². The molecule has 1 heterocycles. The summed E-state index contributed by atoms with van der Waals surface area (Å²) >= 11 is 0. The van der Waals surface area contributed by atoms with Gasteiger partial charge in [0.1, 0.15) is 0 Å². The summed E-state index contributed by atoms with van der Waals surface area (Å²) in [6, 6.07) is 15.1. The summed E-state index contributed by atoms with van der Waals surface area (Å²) < 4.78 is 5.02. The van der Waals surface area contributed by atoms with E-state index >= 15 is 0 Å². The highest BCUT2D eigenvalue weighted by Gasteiger charge is 2.25. The number of likely N-dealkylation sites (tertiary alicyclic amines) is 1. The van der Waals surface area contributed by atoms with Gasteiger partial charge in [-0.1, -0.05) is 18.2 Å². The Balaban J connectivity index is 1.62. The van der Waals surface area contributed by atoms with Crippen molar-refractivity contribution in [2.45, 2.75) is 25.7 Å². The fourth-order valence-corrected chi connectivity index (χ4v) is 3.86. The van der Waals surface area contributed by atoms with E-state index in [4.69, 9.17) is 10.00 Å². The lowest BCUT2D eigenvalue weighted by atomic mass is 9.89. The van der Waals surface area contributed by atoms with Gasteiger partial charge >= 0.3 is 6.03 Å². The number of urea groups is 1. The molecule has 3 rings (SSSR count). The monoisotopic (exact) mass is 434 g/mol. The van der Waals surface area contributed by atoms with E-state index in [1.165, 1.54) is 5.56 Å². The molecule has 7 heteroatoms. The van der Waals surface area contributed by atoms with Crippen LogP contribution in [-0.2, 0) is 4.74 Å². The van der Waals surface area contributed by atoms with Gasteiger partial charge in [-0.05, 0) is 61.1 Å². The molecule has 0 unspecified atom stereocenters. The predicted octanol–water partition coefficient (Wildman–Crippen LogP) is 4.00. The number of amides is 3. The largest absolute Gasteiger partial charge is 0.383 e. The second-order valence-corrected chi connectivity index (χ2v) is 8.17. The van der Waals surface area contributed by atoms with Crippen molar-refractivity contribution in [2.24, 2.45) is 0 Å². The van der Waals surface area contributed by atoms with Gasteiger partial charge in [-0.25, -0.2) is 4.79 Å². The average molecular weight is 435 g/mol. The molecule has 32 heavy (non-hydrogen) atoms. The second-order valence-electron chi connectivity index (χ2n) is 8.17. The number of nitriles is 1. The molecule has 2 aromatic rings. The maximum atomic E-state index is 13.1. The summed E-state index contributed by atoms with van der Waals surface area (Å²) in [7, 11) is 3.30. The van der Waals surface area contributed by atoms with Gasteiger partial charge in [-0.15, -0.1) is 0 Å². The Bertz CT molecular complexity index is 989. The summed E-state index contributed by atoms with van der Waals surface area (Å²) in [6.07, 6.45) is 1.77. The standard InChI is InChI=1S/C25H30N4O3/c1-18-4-7-22(16-23(18)27-25(31)28(2)14-15-32-3)24(30)29-12-10-21(11-13-29)20-8-5-19(17-26)6-9-20/h4-9,16,21H,10-15H2,1-3H3,(H,27,31). The van der Waals surface area contributed by atoms with Crippen LogP contribution in [0.3, 0.4) is 0 Å². The van der Waals surface area contributed by atoms with Crippen molar-refractivity contribution >= 4 is 17.6 Å². The van der Waals surface area contributed by atoms with Gasteiger partial charge in [0, 0.05) is 45.0 Å². The normalized spacial score (nSPS) is 14.0. The topological polar surface area (TPSA) is 85.7 Å². The van der Waals surface area contributed by atoms with Gasteiger partial charge in [0.2, 0.25) is 0 Å². The Hall–Kier alpha value is -3.37. The van der Waals surface area contributed by atoms with E-state index in [1.807, 2.05) is 48.2 Å². The van der Waals surface area contributed by atoms with Crippen LogP contribution in [0.2, 0.25) is 0 Å². The van der Waals surface area contributed by atoms with E-state index in [1.54, 1.807) is 25.1 Å². The molecular weight excluding hydrogens is 404 g/mol. The molecule has 0 spiro atoms. The Morgan fingerprint density at radius 2 is 1.88 bits per heavy atom. The molecule has 168 valence electrons. The van der Waals surface area contributed by atoms with E-state index in [0.29, 0.717) is 49.0 Å². The first-order chi connectivity index (χ1) is 15.4. The first kappa shape index (κ1) is 23.3. The number of benzene rings is 2. The quantitative estimate of drug-likeness (QED) is 0.745. The first-order valence-corrected chi connectivity index (χ1v) is 10.8. The summed E-state index contributed by atoms with van der Waals surface area (Å²) in [5, 5.41) is 11.9. The minimum Gasteiger partial charge on any atom is -0.383 e. The number of piperidine rings is 1. The van der Waals surface area contributed by atoms with Gasteiger partial charge in [0.05, 0.1) is 18.2 Å². The van der Waals surface area contributed by atoms with Crippen molar-refractivity contribution in [3.05, 3.63) is 64.7 Å². The number of nitrogens with one attached hydrogen (secondary N) is 1. The van der Waals surface area contributed by atoms with Crippen LogP contribution < -0.4 is 5.32 Å². The Morgan fingerprint density at radius 3 is 2.50 bits per heavy atom. The molecule has 2 aromatic carbocycles. The fourth-order valence-electron chi connectivity index (χ4n) is 3.86. The minimum absolute atomic E-state index is 0.0217. The van der Waals surface area contributed by atoms with Gasteiger partial charge in [-0.3, -0.25) is 4.79 Å². The Morgan fingerprint density at radius 1 is 1.19 bits per heavy atom. The molecule has 7 nitrogen and oxygen atoms in total. The van der Waals surface area contributed by atoms with Crippen molar-refractivity contribution in [1.82, 2.24) is 9.80 Å². The summed E-state index contributed by atoms with van der Waals surface area (Å²) in [5.74, 6) is 0.369. The van der Waals surface area contributed by atoms with Crippen LogP contribution in [0.4, 0.5) is 10.5 Å². The molecule has 0 radical (unpaired) electrons. The molecule has 0 atom stereocenters. The van der Waals surface area contributed by atoms with Crippen LogP contribution in [0.5, 0.6) is 0 Å². The van der Waals surface area contributed by atoms with E-state index in [-0.39, 0.29) is 11.9 Å². The molecule has 1 aliphatic rings. The molecule has 0 aromatic heterocycles. The predicted molar refractivity (Wildman–Crippen MR) is 124 cm³/mol. The highest BCUT2D eigenvalue weighted by atomic mass is 16.5. The molecule has 3 amide bonds. The smallest absolute Gasteiger partial charge is 0.321 e. The second kappa shape index (κ2) is 10.8. The molecule has 1 aliphatic heterocycles. The van der Waals surface area contributed by atoms with Gasteiger partial charge in [0.25, 0.3) is 5.91 Å². The number of nitrogens with zero attached hydrogens (tertiary/aromatic N) is 3. The third-order valence-corrected chi connectivity index (χ3v) is 6.00. The zero-order valence-corrected chi connectivity index (χ0v) is 18.9. The summed E-state index contributed by atoms with van der Waals surface area (Å²) in [6.45, 7) is 4.20. The van der Waals surface area contributed by atoms with Crippen LogP contribution >= 0.6 is 0 Å². The van der Waals surface area contributed by atoms with E-state index in [9.17, 15) is 9.59 Å². The number of aryl methyl sites for hydroxylation is 1. The number of methoxy groups -OCH3 is 1. The molecule has 1 N–H and O–H groups in total. The number of hydrogen-bond acceptors (Lipinski definition) is 4. The number of ether oxygens (including phenoxy) is 1. The number of rotatable bonds is 6. The molecule has 1 saturated heterocycles. The van der Waals surface area contributed by atoms with Crippen LogP contribution in [0.15, 0.2) is 42.5 Å². The maximum absolute atomic E-state index is 13.1. The van der Waals surface area contributed by atoms with Crippen LogP contribution in [0.25, 0.3) is 0 Å². The van der Waals surface area contributed by atoms with Crippen LogP contribution in [0, 0.1) is 18.3 Å². The minimum atomic E-state index is -0.238. The van der Waals surface area contributed by atoms with Crippen LogP contribution in [-0.4, -0.2) is 62.1 Å². The average Bonchev–Trinajstić information content (AvgIpc) is 2.83. The van der Waals surface area contributed by atoms with Gasteiger partial charge in [-0.2, -0.15) is 5.26 Å². The number of anilines is 1. The van der Waals surface area contributed by atoms with Crippen molar-refractivity contribution < 1.29 is 14.3 Å². The SMILES string of the molecule is COCCN(C)C(=O)Nc1cc(C(=O)N2CCC(c3ccc(C#N)cc3)CC2)ccc1C. The highest BCUT2D eigenvalue weighted by Crippen LogP contribution is 2.29. The molecule has 1 fully saturated rings. The lowest BCUT2D eigenvalue weighted by Gasteiger charge is -2.32. The van der Waals surface area contributed by atoms with Crippen molar-refractivity contribution in [3.8, 4) is 6.07 Å². The summed E-state index contributed by atoms with van der Waals surface area (Å²) in [4.78, 5) is 28.9. The van der Waals surface area contributed by atoms with E-state index in [2.05, 4.69) is 11.4 Å². The summed E-state index contributed by atoms with van der Waals surface area (Å²) in [5.41, 5.74) is 3.98. The number of hydrogen-bond donors (Lipinski definition) is 1. The number of carbonyl (C=O) groups excluding carboxylic acids is 2. The van der Waals surface area contributed by atoms with Gasteiger partial charge < -0.3 is 19.9 Å². The number of likely N-dealkylation sites (N-methyl/N-ethyl adjacent to an activating group) is 1. The van der Waals surface area contributed by atoms with Crippen LogP contribution in [0.1, 0.15) is 45.8 Å². The highest BCUT2D eigenvalue weighted by molar-refractivity contribution is 5.97. The third-order valence-electron chi connectivity index (χ3n) is 6.00. The molecule has 0 aliphatic carbocycles. The Kier molecular flexibility index (Phi) is 7.85. The fraction of sp³-hybridized carbons (Fsp3) is 0.400. The molecule has 0 bridgehead atoms. The molecule has 0 saturated carbocycles. The Labute approximate surface area is 189 Å². The number of carbonyl (C=O) groups is 2. The third kappa shape index (κ3) is 5.65. The lowest BCUT2D eigenvalue weighted by Crippen LogP contribution is -2.38. The van der Waals surface area contributed by atoms with E-state index in [0.717, 1.165) is 18.4 Å². The van der Waals surface area contributed by atoms with Crippen molar-refractivity contribution in [3.63, 3.8) is 0 Å². The first-order valence-electron chi connectivity index (χ1n) is 10.8. The molecular formula is C25H30N4O3.